The van der Waals surface area contributed by atoms with Crippen LogP contribution in [0.25, 0.3) is 0 Å². The molecule has 1 unspecified atom stereocenters. The molecule has 4 rings (SSSR count). The van der Waals surface area contributed by atoms with Crippen LogP contribution < -0.4 is 15.4 Å². The Bertz CT molecular complexity index is 460. The van der Waals surface area contributed by atoms with Crippen LogP contribution >= 0.6 is 23.5 Å². The van der Waals surface area contributed by atoms with Crippen molar-refractivity contribution in [3.63, 3.8) is 0 Å². The molecule has 0 aromatic heterocycles. The number of nitrogens with zero attached hydrogens (tertiary/aromatic N) is 1. The molecular formula is C10H11ClN4S. The van der Waals surface area contributed by atoms with E-state index < -0.39 is 0 Å². The summed E-state index contributed by atoms with van der Waals surface area (Å²) in [5.41, 5.74) is 1.40. The first-order valence-corrected chi connectivity index (χ1v) is 6.46. The van der Waals surface area contributed by atoms with Crippen molar-refractivity contribution >= 4 is 29.2 Å². The fourth-order valence-electron chi connectivity index (χ4n) is 2.04. The highest BCUT2D eigenvalue weighted by atomic mass is 35.5. The highest BCUT2D eigenvalue weighted by molar-refractivity contribution is 7.97. The molecule has 0 radical (unpaired) electrons. The molecule has 2 fully saturated rings. The van der Waals surface area contributed by atoms with Crippen molar-refractivity contribution in [1.29, 1.82) is 0 Å². The third-order valence-corrected chi connectivity index (χ3v) is 4.41. The molecular weight excluding hydrogens is 244 g/mol. The summed E-state index contributed by atoms with van der Waals surface area (Å²) in [6.07, 6.45) is 0.114. The van der Waals surface area contributed by atoms with Gasteiger partial charge in [-0.05, 0) is 30.1 Å². The minimum Gasteiger partial charge on any atom is -0.356 e. The van der Waals surface area contributed by atoms with E-state index in [2.05, 4.69) is 20.3 Å². The third-order valence-electron chi connectivity index (χ3n) is 3.24. The minimum absolute atomic E-state index is 0.114. The second-order valence-electron chi connectivity index (χ2n) is 4.47. The summed E-state index contributed by atoms with van der Waals surface area (Å²) in [6, 6.07) is 5.90. The fraction of sp³-hybridized carbons (Fsp3) is 0.400. The summed E-state index contributed by atoms with van der Waals surface area (Å²) in [4.78, 5) is 3.57. The highest BCUT2D eigenvalue weighted by Gasteiger charge is 2.68. The Morgan fingerprint density at radius 2 is 2.31 bits per heavy atom. The van der Waals surface area contributed by atoms with Gasteiger partial charge >= 0.3 is 0 Å². The van der Waals surface area contributed by atoms with E-state index in [4.69, 9.17) is 11.6 Å². The molecule has 3 aliphatic rings. The van der Waals surface area contributed by atoms with Gasteiger partial charge in [0.2, 0.25) is 0 Å². The first-order valence-electron chi connectivity index (χ1n) is 5.26. The zero-order chi connectivity index (χ0) is 10.8. The van der Waals surface area contributed by atoms with E-state index in [1.54, 1.807) is 11.9 Å². The van der Waals surface area contributed by atoms with Crippen LogP contribution in [0, 0.1) is 0 Å². The third kappa shape index (κ3) is 1.43. The van der Waals surface area contributed by atoms with Crippen LogP contribution in [0.1, 0.15) is 0 Å². The first-order chi connectivity index (χ1) is 7.75. The predicted molar refractivity (Wildman–Crippen MR) is 65.3 cm³/mol. The monoisotopic (exact) mass is 254 g/mol. The fourth-order valence-corrected chi connectivity index (χ4v) is 2.94. The van der Waals surface area contributed by atoms with Crippen LogP contribution in [0.15, 0.2) is 23.1 Å². The van der Waals surface area contributed by atoms with Crippen molar-refractivity contribution in [3.8, 4) is 0 Å². The molecule has 3 aliphatic heterocycles. The molecule has 3 N–H and O–H groups in total. The van der Waals surface area contributed by atoms with E-state index in [1.807, 2.05) is 18.2 Å². The standard InChI is InChI=1S/C10H11ClN4S/c11-6-1-2-8-7(3-6)12-9(14-16-8)13-10-4-15(10)5-10/h1-3,9,12-14H,4-5H2. The Balaban J connectivity index is 1.53. The molecule has 3 heterocycles. The largest absolute Gasteiger partial charge is 0.356 e. The molecule has 0 bridgehead atoms. The average Bonchev–Trinajstić information content (AvgIpc) is 3.06. The maximum absolute atomic E-state index is 5.98. The topological polar surface area (TPSA) is 39.1 Å². The predicted octanol–water partition coefficient (Wildman–Crippen LogP) is 1.26. The molecule has 0 saturated carbocycles. The van der Waals surface area contributed by atoms with Gasteiger partial charge in [-0.25, -0.2) is 4.72 Å². The number of hydrogen-bond donors (Lipinski definition) is 3. The van der Waals surface area contributed by atoms with Gasteiger partial charge in [0.05, 0.1) is 5.69 Å². The molecule has 2 saturated heterocycles. The van der Waals surface area contributed by atoms with Crippen LogP contribution in [-0.2, 0) is 0 Å². The molecule has 4 nitrogen and oxygen atoms in total. The van der Waals surface area contributed by atoms with Gasteiger partial charge in [-0.1, -0.05) is 11.6 Å². The van der Waals surface area contributed by atoms with E-state index in [0.29, 0.717) is 5.66 Å². The zero-order valence-corrected chi connectivity index (χ0v) is 10.0. The number of benzene rings is 1. The maximum Gasteiger partial charge on any atom is 0.143 e. The first kappa shape index (κ1) is 9.56. The lowest BCUT2D eigenvalue weighted by Crippen LogP contribution is -2.51. The van der Waals surface area contributed by atoms with E-state index >= 15 is 0 Å². The normalized spacial score (nSPS) is 38.3. The van der Waals surface area contributed by atoms with Crippen LogP contribution in [-0.4, -0.2) is 29.9 Å². The van der Waals surface area contributed by atoms with Gasteiger partial charge in [0.15, 0.2) is 0 Å². The Morgan fingerprint density at radius 3 is 3.06 bits per heavy atom. The van der Waals surface area contributed by atoms with E-state index in [-0.39, 0.29) is 6.29 Å². The summed E-state index contributed by atoms with van der Waals surface area (Å²) < 4.78 is 3.34. The lowest BCUT2D eigenvalue weighted by Gasteiger charge is -2.28. The van der Waals surface area contributed by atoms with Crippen molar-refractivity contribution < 1.29 is 0 Å². The van der Waals surface area contributed by atoms with Gasteiger partial charge in [0.25, 0.3) is 0 Å². The van der Waals surface area contributed by atoms with Crippen LogP contribution in [0.5, 0.6) is 0 Å². The van der Waals surface area contributed by atoms with E-state index in [0.717, 1.165) is 10.7 Å². The molecule has 6 heteroatoms. The van der Waals surface area contributed by atoms with E-state index in [9.17, 15) is 0 Å². The lowest BCUT2D eigenvalue weighted by atomic mass is 10.3. The van der Waals surface area contributed by atoms with Gasteiger partial charge in [0, 0.05) is 23.0 Å². The number of nitrogens with one attached hydrogen (secondary N) is 3. The Kier molecular flexibility index (Phi) is 1.82. The van der Waals surface area contributed by atoms with Gasteiger partial charge in [-0.15, -0.1) is 0 Å². The lowest BCUT2D eigenvalue weighted by molar-refractivity contribution is 0.501. The molecule has 0 amide bonds. The van der Waals surface area contributed by atoms with Crippen LogP contribution in [0.4, 0.5) is 5.69 Å². The van der Waals surface area contributed by atoms with Crippen molar-refractivity contribution in [3.05, 3.63) is 23.2 Å². The molecule has 1 aromatic carbocycles. The second-order valence-corrected chi connectivity index (χ2v) is 5.79. The number of fused-ring (bicyclic) bond motifs is 2. The molecule has 16 heavy (non-hydrogen) atoms. The number of halogens is 1. The van der Waals surface area contributed by atoms with Crippen LogP contribution in [0.3, 0.4) is 0 Å². The summed E-state index contributed by atoms with van der Waals surface area (Å²) >= 11 is 7.62. The van der Waals surface area contributed by atoms with Gasteiger partial charge in [0.1, 0.15) is 12.0 Å². The highest BCUT2D eigenvalue weighted by Crippen LogP contribution is 2.46. The number of anilines is 1. The van der Waals surface area contributed by atoms with E-state index in [1.165, 1.54) is 18.0 Å². The smallest absolute Gasteiger partial charge is 0.143 e. The Labute approximate surface area is 103 Å². The quantitative estimate of drug-likeness (QED) is 0.548. The van der Waals surface area contributed by atoms with Gasteiger partial charge in [-0.3, -0.25) is 10.2 Å². The van der Waals surface area contributed by atoms with Crippen molar-refractivity contribution in [2.24, 2.45) is 0 Å². The molecule has 1 atom stereocenters. The second kappa shape index (κ2) is 3.05. The van der Waals surface area contributed by atoms with Gasteiger partial charge < -0.3 is 5.32 Å². The summed E-state index contributed by atoms with van der Waals surface area (Å²) in [5, 5.41) is 7.72. The zero-order valence-electron chi connectivity index (χ0n) is 8.46. The Hall–Kier alpha value is -0.460. The number of hydrogen-bond acceptors (Lipinski definition) is 5. The summed E-state index contributed by atoms with van der Waals surface area (Å²) in [6.45, 7) is 2.36. The Morgan fingerprint density at radius 1 is 1.50 bits per heavy atom. The maximum atomic E-state index is 5.98. The minimum atomic E-state index is 0.114. The summed E-state index contributed by atoms with van der Waals surface area (Å²) in [7, 11) is 0. The molecule has 0 aliphatic carbocycles. The van der Waals surface area contributed by atoms with Gasteiger partial charge in [-0.2, -0.15) is 0 Å². The molecule has 0 spiro atoms. The van der Waals surface area contributed by atoms with Crippen LogP contribution in [0.2, 0.25) is 5.02 Å². The summed E-state index contributed by atoms with van der Waals surface area (Å²) in [5.74, 6) is 0. The average molecular weight is 255 g/mol. The molecule has 1 aromatic rings. The SMILES string of the molecule is Clc1ccc2c(c1)NC(NC13CN1C3)NS2. The van der Waals surface area contributed by atoms with Crippen molar-refractivity contribution in [1.82, 2.24) is 14.9 Å². The number of rotatable bonds is 2. The van der Waals surface area contributed by atoms with Crippen molar-refractivity contribution in [2.75, 3.05) is 18.4 Å². The molecule has 84 valence electrons. The van der Waals surface area contributed by atoms with Crippen molar-refractivity contribution in [2.45, 2.75) is 16.8 Å².